The third kappa shape index (κ3) is 4.00. The lowest BCUT2D eigenvalue weighted by Crippen LogP contribution is -2.44. The van der Waals surface area contributed by atoms with Crippen molar-refractivity contribution in [1.29, 1.82) is 5.26 Å². The molecule has 4 heteroatoms. The first kappa shape index (κ1) is 17.0. The van der Waals surface area contributed by atoms with Crippen LogP contribution in [0.15, 0.2) is 60.7 Å². The average molecular weight is 334 g/mol. The second-order valence-electron chi connectivity index (χ2n) is 6.35. The van der Waals surface area contributed by atoms with Crippen LogP contribution in [-0.2, 0) is 10.2 Å². The van der Waals surface area contributed by atoms with Gasteiger partial charge in [-0.15, -0.1) is 0 Å². The number of carbonyl (C=O) groups excluding carboxylic acids is 1. The van der Waals surface area contributed by atoms with Gasteiger partial charge in [-0.05, 0) is 30.5 Å². The quantitative estimate of drug-likeness (QED) is 0.840. The molecule has 0 radical (unpaired) electrons. The Morgan fingerprint density at radius 2 is 1.64 bits per heavy atom. The van der Waals surface area contributed by atoms with Crippen LogP contribution < -0.4 is 4.74 Å². The molecule has 1 aliphatic heterocycles. The van der Waals surface area contributed by atoms with Crippen molar-refractivity contribution in [1.82, 2.24) is 4.90 Å². The lowest BCUT2D eigenvalue weighted by atomic mass is 9.74. The van der Waals surface area contributed by atoms with Crippen molar-refractivity contribution in [2.45, 2.75) is 24.7 Å². The molecule has 0 spiro atoms. The van der Waals surface area contributed by atoms with Crippen LogP contribution in [0.5, 0.6) is 5.75 Å². The molecule has 2 aromatic carbocycles. The number of piperidine rings is 1. The van der Waals surface area contributed by atoms with E-state index in [1.54, 1.807) is 0 Å². The number of ether oxygens (including phenoxy) is 1. The third-order valence-corrected chi connectivity index (χ3v) is 4.84. The van der Waals surface area contributed by atoms with Crippen LogP contribution in [0.1, 0.15) is 24.8 Å². The number of likely N-dealkylation sites (tertiary alicyclic amines) is 1. The minimum absolute atomic E-state index is 0.0931. The number of hydrogen-bond donors (Lipinski definition) is 0. The maximum atomic E-state index is 12.4. The minimum Gasteiger partial charge on any atom is -0.493 e. The molecule has 1 aliphatic rings. The Hall–Kier alpha value is -2.80. The summed E-state index contributed by atoms with van der Waals surface area (Å²) in [5, 5.41) is 9.71. The number of carbonyl (C=O) groups is 1. The molecule has 0 saturated carbocycles. The summed E-state index contributed by atoms with van der Waals surface area (Å²) in [6, 6.07) is 21.9. The van der Waals surface area contributed by atoms with Crippen LogP contribution in [-0.4, -0.2) is 30.5 Å². The molecule has 128 valence electrons. The van der Waals surface area contributed by atoms with Crippen LogP contribution in [0.2, 0.25) is 0 Å². The van der Waals surface area contributed by atoms with Gasteiger partial charge in [-0.1, -0.05) is 48.5 Å². The van der Waals surface area contributed by atoms with Crippen molar-refractivity contribution in [2.75, 3.05) is 19.7 Å². The maximum Gasteiger partial charge on any atom is 0.225 e. The second kappa shape index (κ2) is 7.85. The Bertz CT molecular complexity index is 729. The fraction of sp³-hybridized carbons (Fsp3) is 0.333. The first-order valence-electron chi connectivity index (χ1n) is 8.66. The predicted octanol–water partition coefficient (Wildman–Crippen LogP) is 3.54. The zero-order chi connectivity index (χ0) is 17.5. The Labute approximate surface area is 148 Å². The van der Waals surface area contributed by atoms with E-state index in [1.165, 1.54) is 0 Å². The van der Waals surface area contributed by atoms with Crippen molar-refractivity contribution < 1.29 is 9.53 Å². The van der Waals surface area contributed by atoms with E-state index in [4.69, 9.17) is 4.74 Å². The lowest BCUT2D eigenvalue weighted by Gasteiger charge is -2.37. The van der Waals surface area contributed by atoms with Gasteiger partial charge in [0.15, 0.2) is 0 Å². The number of rotatable bonds is 5. The van der Waals surface area contributed by atoms with E-state index in [0.29, 0.717) is 39.0 Å². The third-order valence-electron chi connectivity index (χ3n) is 4.84. The molecule has 0 bridgehead atoms. The zero-order valence-electron chi connectivity index (χ0n) is 14.2. The first-order valence-corrected chi connectivity index (χ1v) is 8.66. The number of hydrogen-bond acceptors (Lipinski definition) is 3. The van der Waals surface area contributed by atoms with Crippen LogP contribution in [0.25, 0.3) is 0 Å². The SMILES string of the molecule is N#CC1(c2ccccc2)CCN(C(=O)CCOc2ccccc2)CC1. The standard InChI is InChI=1S/C21H22N2O2/c22-17-21(18-7-3-1-4-8-18)12-14-23(15-13-21)20(24)11-16-25-19-9-5-2-6-10-19/h1-10H,11-16H2. The highest BCUT2D eigenvalue weighted by molar-refractivity contribution is 5.76. The Morgan fingerprint density at radius 3 is 2.24 bits per heavy atom. The topological polar surface area (TPSA) is 53.3 Å². The summed E-state index contributed by atoms with van der Waals surface area (Å²) in [7, 11) is 0. The molecule has 0 unspecified atom stereocenters. The number of nitriles is 1. The highest BCUT2D eigenvalue weighted by Crippen LogP contribution is 2.34. The summed E-state index contributed by atoms with van der Waals surface area (Å²) in [5.41, 5.74) is 0.579. The monoisotopic (exact) mass is 334 g/mol. The highest BCUT2D eigenvalue weighted by Gasteiger charge is 2.37. The Morgan fingerprint density at radius 1 is 1.04 bits per heavy atom. The second-order valence-corrected chi connectivity index (χ2v) is 6.35. The fourth-order valence-electron chi connectivity index (χ4n) is 3.29. The first-order chi connectivity index (χ1) is 12.2. The molecule has 1 heterocycles. The van der Waals surface area contributed by atoms with Crippen LogP contribution in [0.4, 0.5) is 0 Å². The van der Waals surface area contributed by atoms with Gasteiger partial charge >= 0.3 is 0 Å². The van der Waals surface area contributed by atoms with Crippen molar-refractivity contribution in [2.24, 2.45) is 0 Å². The van der Waals surface area contributed by atoms with E-state index in [-0.39, 0.29) is 5.91 Å². The summed E-state index contributed by atoms with van der Waals surface area (Å²) in [6.45, 7) is 1.61. The molecule has 25 heavy (non-hydrogen) atoms. The van der Waals surface area contributed by atoms with Gasteiger partial charge in [-0.3, -0.25) is 4.79 Å². The number of nitrogens with zero attached hydrogens (tertiary/aromatic N) is 2. The number of para-hydroxylation sites is 1. The Kier molecular flexibility index (Phi) is 5.35. The lowest BCUT2D eigenvalue weighted by molar-refractivity contribution is -0.133. The summed E-state index contributed by atoms with van der Waals surface area (Å²) >= 11 is 0. The van der Waals surface area contributed by atoms with Crippen LogP contribution >= 0.6 is 0 Å². The summed E-state index contributed by atoms with van der Waals surface area (Å²) < 4.78 is 5.60. The molecule has 3 rings (SSSR count). The van der Waals surface area contributed by atoms with Crippen molar-refractivity contribution in [3.05, 3.63) is 66.2 Å². The molecule has 0 aromatic heterocycles. The van der Waals surface area contributed by atoms with E-state index in [2.05, 4.69) is 6.07 Å². The molecule has 1 amide bonds. The van der Waals surface area contributed by atoms with Crippen LogP contribution in [0, 0.1) is 11.3 Å². The van der Waals surface area contributed by atoms with Gasteiger partial charge in [0.25, 0.3) is 0 Å². The molecule has 0 aliphatic carbocycles. The molecule has 1 saturated heterocycles. The number of benzene rings is 2. The predicted molar refractivity (Wildman–Crippen MR) is 96.1 cm³/mol. The molecule has 2 aromatic rings. The maximum absolute atomic E-state index is 12.4. The van der Waals surface area contributed by atoms with Gasteiger partial charge in [-0.25, -0.2) is 0 Å². The van der Waals surface area contributed by atoms with E-state index in [9.17, 15) is 10.1 Å². The molecular formula is C21H22N2O2. The minimum atomic E-state index is -0.474. The molecule has 0 N–H and O–H groups in total. The van der Waals surface area contributed by atoms with Gasteiger partial charge < -0.3 is 9.64 Å². The summed E-state index contributed by atoms with van der Waals surface area (Å²) in [5.74, 6) is 0.872. The van der Waals surface area contributed by atoms with E-state index in [0.717, 1.165) is 11.3 Å². The zero-order valence-corrected chi connectivity index (χ0v) is 14.2. The summed E-state index contributed by atoms with van der Waals surface area (Å²) in [6.07, 6.45) is 1.72. The fourth-order valence-corrected chi connectivity index (χ4v) is 3.29. The van der Waals surface area contributed by atoms with Crippen molar-refractivity contribution in [3.8, 4) is 11.8 Å². The van der Waals surface area contributed by atoms with Gasteiger partial charge in [-0.2, -0.15) is 5.26 Å². The smallest absolute Gasteiger partial charge is 0.225 e. The molecule has 4 nitrogen and oxygen atoms in total. The molecular weight excluding hydrogens is 312 g/mol. The largest absolute Gasteiger partial charge is 0.493 e. The average Bonchev–Trinajstić information content (AvgIpc) is 2.69. The number of amides is 1. The molecule has 0 atom stereocenters. The van der Waals surface area contributed by atoms with Crippen molar-refractivity contribution >= 4 is 5.91 Å². The van der Waals surface area contributed by atoms with Gasteiger partial charge in [0.2, 0.25) is 5.91 Å². The van der Waals surface area contributed by atoms with Gasteiger partial charge in [0, 0.05) is 13.1 Å². The van der Waals surface area contributed by atoms with E-state index < -0.39 is 5.41 Å². The molecule has 1 fully saturated rings. The van der Waals surface area contributed by atoms with Gasteiger partial charge in [0.05, 0.1) is 24.5 Å². The van der Waals surface area contributed by atoms with Gasteiger partial charge in [0.1, 0.15) is 5.75 Å². The van der Waals surface area contributed by atoms with E-state index in [1.807, 2.05) is 65.6 Å². The Balaban J connectivity index is 1.51. The van der Waals surface area contributed by atoms with Crippen molar-refractivity contribution in [3.63, 3.8) is 0 Å². The van der Waals surface area contributed by atoms with E-state index >= 15 is 0 Å². The highest BCUT2D eigenvalue weighted by atomic mass is 16.5. The summed E-state index contributed by atoms with van der Waals surface area (Å²) in [4.78, 5) is 14.2. The normalized spacial score (nSPS) is 16.0. The van der Waals surface area contributed by atoms with Crippen LogP contribution in [0.3, 0.4) is 0 Å².